The Morgan fingerprint density at radius 2 is 2.21 bits per heavy atom. The molecule has 6 heteroatoms. The average Bonchev–Trinajstić information content (AvgIpc) is 2.81. The van der Waals surface area contributed by atoms with Crippen molar-refractivity contribution < 1.29 is 18.8 Å². The van der Waals surface area contributed by atoms with Crippen molar-refractivity contribution in [1.29, 1.82) is 0 Å². The number of methoxy groups -OCH3 is 1. The van der Waals surface area contributed by atoms with Gasteiger partial charge in [-0.2, -0.15) is 0 Å². The smallest absolute Gasteiger partial charge is 0.338 e. The van der Waals surface area contributed by atoms with E-state index in [1.54, 1.807) is 38.3 Å². The van der Waals surface area contributed by atoms with Crippen LogP contribution >= 0.6 is 15.9 Å². The molecule has 0 atom stereocenters. The normalized spacial score (nSPS) is 10.3. The molecule has 0 amide bonds. The summed E-state index contributed by atoms with van der Waals surface area (Å²) < 4.78 is 15.9. The number of carbonyl (C=O) groups is 1. The van der Waals surface area contributed by atoms with Gasteiger partial charge in [-0.05, 0) is 41.1 Å². The van der Waals surface area contributed by atoms with Crippen molar-refractivity contribution in [1.82, 2.24) is 5.16 Å². The van der Waals surface area contributed by atoms with Crippen LogP contribution in [-0.4, -0.2) is 18.2 Å². The van der Waals surface area contributed by atoms with Gasteiger partial charge in [-0.1, -0.05) is 5.16 Å². The highest BCUT2D eigenvalue weighted by atomic mass is 79.9. The number of hydrogen-bond donors (Lipinski definition) is 0. The second-order valence-corrected chi connectivity index (χ2v) is 4.71. The number of benzene rings is 1. The third-order valence-corrected chi connectivity index (χ3v) is 3.03. The Kier molecular flexibility index (Phi) is 4.21. The number of hydrogen-bond acceptors (Lipinski definition) is 5. The van der Waals surface area contributed by atoms with E-state index in [2.05, 4.69) is 21.1 Å². The summed E-state index contributed by atoms with van der Waals surface area (Å²) in [5.41, 5.74) is 1.18. The number of esters is 1. The van der Waals surface area contributed by atoms with Gasteiger partial charge in [0.25, 0.3) is 0 Å². The largest absolute Gasteiger partial charge is 0.496 e. The van der Waals surface area contributed by atoms with Crippen LogP contribution in [0.4, 0.5) is 0 Å². The lowest BCUT2D eigenvalue weighted by molar-refractivity contribution is 0.0437. The molecule has 0 bridgehead atoms. The first-order valence-corrected chi connectivity index (χ1v) is 6.32. The van der Waals surface area contributed by atoms with Crippen molar-refractivity contribution >= 4 is 21.9 Å². The number of aryl methyl sites for hydroxylation is 1. The van der Waals surface area contributed by atoms with Crippen molar-refractivity contribution in [2.75, 3.05) is 7.11 Å². The van der Waals surface area contributed by atoms with E-state index in [0.29, 0.717) is 21.5 Å². The SMILES string of the molecule is COc1ccc(C(=O)OCc2cc(C)no2)cc1Br. The molecule has 0 aliphatic heterocycles. The van der Waals surface area contributed by atoms with Crippen LogP contribution in [0, 0.1) is 6.92 Å². The zero-order valence-corrected chi connectivity index (χ0v) is 12.1. The topological polar surface area (TPSA) is 61.6 Å². The van der Waals surface area contributed by atoms with Crippen LogP contribution in [0.3, 0.4) is 0 Å². The minimum atomic E-state index is -0.433. The van der Waals surface area contributed by atoms with Crippen LogP contribution in [0.1, 0.15) is 21.8 Å². The lowest BCUT2D eigenvalue weighted by Gasteiger charge is -2.06. The van der Waals surface area contributed by atoms with Gasteiger partial charge in [0.2, 0.25) is 0 Å². The number of aromatic nitrogens is 1. The summed E-state index contributed by atoms with van der Waals surface area (Å²) in [6.07, 6.45) is 0. The summed E-state index contributed by atoms with van der Waals surface area (Å²) in [4.78, 5) is 11.8. The molecule has 0 N–H and O–H groups in total. The van der Waals surface area contributed by atoms with E-state index < -0.39 is 5.97 Å². The zero-order valence-electron chi connectivity index (χ0n) is 10.5. The third-order valence-electron chi connectivity index (χ3n) is 2.41. The van der Waals surface area contributed by atoms with Crippen LogP contribution in [0.2, 0.25) is 0 Å². The van der Waals surface area contributed by atoms with Crippen LogP contribution in [0.25, 0.3) is 0 Å². The Balaban J connectivity index is 2.01. The molecule has 0 saturated heterocycles. The lowest BCUT2D eigenvalue weighted by Crippen LogP contribution is -2.05. The number of ether oxygens (including phenoxy) is 2. The van der Waals surface area contributed by atoms with Gasteiger partial charge in [0.05, 0.1) is 22.8 Å². The van der Waals surface area contributed by atoms with Gasteiger partial charge in [-0.15, -0.1) is 0 Å². The van der Waals surface area contributed by atoms with E-state index in [1.807, 2.05) is 0 Å². The molecular weight excluding hydrogens is 314 g/mol. The van der Waals surface area contributed by atoms with Crippen molar-refractivity contribution in [2.45, 2.75) is 13.5 Å². The molecule has 1 aromatic heterocycles. The highest BCUT2D eigenvalue weighted by Gasteiger charge is 2.11. The predicted molar refractivity (Wildman–Crippen MR) is 71.1 cm³/mol. The monoisotopic (exact) mass is 325 g/mol. The summed E-state index contributed by atoms with van der Waals surface area (Å²) in [7, 11) is 1.56. The van der Waals surface area contributed by atoms with Crippen LogP contribution in [0.5, 0.6) is 5.75 Å². The first-order valence-electron chi connectivity index (χ1n) is 5.53. The predicted octanol–water partition coefficient (Wildman–Crippen LogP) is 3.11. The Bertz CT molecular complexity index is 594. The zero-order chi connectivity index (χ0) is 13.8. The molecule has 2 aromatic rings. The maximum absolute atomic E-state index is 11.8. The van der Waals surface area contributed by atoms with Crippen molar-refractivity contribution in [3.63, 3.8) is 0 Å². The standard InChI is InChI=1S/C13H12BrNO4/c1-8-5-10(19-15-8)7-18-13(16)9-3-4-12(17-2)11(14)6-9/h3-6H,7H2,1-2H3. The number of halogens is 1. The van der Waals surface area contributed by atoms with E-state index in [4.69, 9.17) is 14.0 Å². The minimum Gasteiger partial charge on any atom is -0.496 e. The molecule has 1 heterocycles. The van der Waals surface area contributed by atoms with Gasteiger partial charge in [0.15, 0.2) is 12.4 Å². The second kappa shape index (κ2) is 5.88. The quantitative estimate of drug-likeness (QED) is 0.808. The highest BCUT2D eigenvalue weighted by Crippen LogP contribution is 2.25. The Labute approximate surface area is 118 Å². The average molecular weight is 326 g/mol. The maximum Gasteiger partial charge on any atom is 0.338 e. The molecule has 0 fully saturated rings. The Morgan fingerprint density at radius 1 is 1.42 bits per heavy atom. The molecule has 100 valence electrons. The first-order chi connectivity index (χ1) is 9.10. The molecule has 0 aliphatic carbocycles. The molecule has 2 rings (SSSR count). The fraction of sp³-hybridized carbons (Fsp3) is 0.231. The minimum absolute atomic E-state index is 0.0589. The molecule has 0 spiro atoms. The van der Waals surface area contributed by atoms with E-state index in [-0.39, 0.29) is 6.61 Å². The summed E-state index contributed by atoms with van der Waals surface area (Å²) >= 11 is 3.31. The van der Waals surface area contributed by atoms with Gasteiger partial charge >= 0.3 is 5.97 Å². The Morgan fingerprint density at radius 3 is 2.79 bits per heavy atom. The fourth-order valence-corrected chi connectivity index (χ4v) is 2.04. The second-order valence-electron chi connectivity index (χ2n) is 3.86. The molecule has 0 unspecified atom stereocenters. The summed E-state index contributed by atoms with van der Waals surface area (Å²) in [5, 5.41) is 3.71. The lowest BCUT2D eigenvalue weighted by atomic mass is 10.2. The molecular formula is C13H12BrNO4. The third kappa shape index (κ3) is 3.35. The van der Waals surface area contributed by atoms with Gasteiger partial charge in [-0.25, -0.2) is 4.79 Å². The van der Waals surface area contributed by atoms with Crippen molar-refractivity contribution in [3.05, 3.63) is 45.8 Å². The first kappa shape index (κ1) is 13.6. The van der Waals surface area contributed by atoms with Gasteiger partial charge < -0.3 is 14.0 Å². The molecule has 5 nitrogen and oxygen atoms in total. The molecule has 19 heavy (non-hydrogen) atoms. The van der Waals surface area contributed by atoms with Gasteiger partial charge in [0.1, 0.15) is 5.75 Å². The number of nitrogens with zero attached hydrogens (tertiary/aromatic N) is 1. The van der Waals surface area contributed by atoms with Gasteiger partial charge in [-0.3, -0.25) is 0 Å². The molecule has 1 aromatic carbocycles. The summed E-state index contributed by atoms with van der Waals surface area (Å²) in [6, 6.07) is 6.70. The fourth-order valence-electron chi connectivity index (χ4n) is 1.50. The molecule has 0 radical (unpaired) electrons. The van der Waals surface area contributed by atoms with Crippen LogP contribution in [0.15, 0.2) is 33.3 Å². The molecule has 0 aliphatic rings. The van der Waals surface area contributed by atoms with E-state index in [1.165, 1.54) is 0 Å². The van der Waals surface area contributed by atoms with Gasteiger partial charge in [0, 0.05) is 6.07 Å². The summed E-state index contributed by atoms with van der Waals surface area (Å²) in [6.45, 7) is 1.86. The highest BCUT2D eigenvalue weighted by molar-refractivity contribution is 9.10. The number of rotatable bonds is 4. The van der Waals surface area contributed by atoms with Crippen molar-refractivity contribution in [3.8, 4) is 5.75 Å². The van der Waals surface area contributed by atoms with Crippen molar-refractivity contribution in [2.24, 2.45) is 0 Å². The summed E-state index contributed by atoms with van der Waals surface area (Å²) in [5.74, 6) is 0.734. The van der Waals surface area contributed by atoms with Crippen LogP contribution < -0.4 is 4.74 Å². The van der Waals surface area contributed by atoms with Crippen LogP contribution in [-0.2, 0) is 11.3 Å². The molecule has 0 saturated carbocycles. The number of carbonyl (C=O) groups excluding carboxylic acids is 1. The van der Waals surface area contributed by atoms with E-state index >= 15 is 0 Å². The Hall–Kier alpha value is -1.82. The van der Waals surface area contributed by atoms with E-state index in [0.717, 1.165) is 5.69 Å². The van der Waals surface area contributed by atoms with E-state index in [9.17, 15) is 4.79 Å². The maximum atomic E-state index is 11.8.